The number of nitrogens with zero attached hydrogens (tertiary/aromatic N) is 1. The van der Waals surface area contributed by atoms with Gasteiger partial charge in [-0.05, 0) is 12.1 Å². The van der Waals surface area contributed by atoms with Crippen LogP contribution >= 0.6 is 0 Å². The van der Waals surface area contributed by atoms with Crippen molar-refractivity contribution in [3.63, 3.8) is 0 Å². The Bertz CT molecular complexity index is 826. The molecule has 5 heteroatoms. The number of nitrogens with one attached hydrogen (secondary N) is 1. The van der Waals surface area contributed by atoms with Crippen molar-refractivity contribution in [3.05, 3.63) is 52.9 Å². The van der Waals surface area contributed by atoms with Gasteiger partial charge in [-0.3, -0.25) is 9.78 Å². The van der Waals surface area contributed by atoms with Crippen molar-refractivity contribution >= 4 is 10.9 Å². The summed E-state index contributed by atoms with van der Waals surface area (Å²) in [5, 5.41) is 10.2. The molecular weight excluding hydrogens is 256 g/mol. The van der Waals surface area contributed by atoms with Crippen LogP contribution in [0.3, 0.4) is 0 Å². The summed E-state index contributed by atoms with van der Waals surface area (Å²) in [4.78, 5) is 19.3. The summed E-state index contributed by atoms with van der Waals surface area (Å²) in [5.41, 5.74) is 1.71. The molecule has 0 aliphatic rings. The number of ether oxygens (including phenoxy) is 1. The topological polar surface area (TPSA) is 75.2 Å². The summed E-state index contributed by atoms with van der Waals surface area (Å²) in [6.45, 7) is 0. The predicted molar refractivity (Wildman–Crippen MR) is 76.0 cm³/mol. The Hall–Kier alpha value is -2.82. The molecule has 0 atom stereocenters. The fourth-order valence-electron chi connectivity index (χ4n) is 2.14. The van der Waals surface area contributed by atoms with E-state index in [2.05, 4.69) is 9.97 Å². The van der Waals surface area contributed by atoms with Crippen molar-refractivity contribution in [1.82, 2.24) is 9.97 Å². The van der Waals surface area contributed by atoms with E-state index in [4.69, 9.17) is 4.74 Å². The Labute approximate surface area is 114 Å². The first-order valence-electron chi connectivity index (χ1n) is 6.03. The van der Waals surface area contributed by atoms with Crippen LogP contribution in [0.1, 0.15) is 0 Å². The second-order valence-corrected chi connectivity index (χ2v) is 4.36. The highest BCUT2D eigenvalue weighted by Crippen LogP contribution is 2.28. The molecule has 0 saturated heterocycles. The lowest BCUT2D eigenvalue weighted by Crippen LogP contribution is -2.03. The molecule has 100 valence electrons. The summed E-state index contributed by atoms with van der Waals surface area (Å²) < 4.78 is 5.09. The van der Waals surface area contributed by atoms with Crippen LogP contribution < -0.4 is 10.2 Å². The lowest BCUT2D eigenvalue weighted by molar-refractivity contribution is 0.409. The van der Waals surface area contributed by atoms with Crippen LogP contribution in [0, 0.1) is 0 Å². The molecule has 0 unspecified atom stereocenters. The van der Waals surface area contributed by atoms with Crippen molar-refractivity contribution in [2.24, 2.45) is 0 Å². The number of phenols is 1. The number of aromatic hydroxyl groups is 1. The summed E-state index contributed by atoms with van der Waals surface area (Å²) in [6.07, 6.45) is 3.33. The Balaban J connectivity index is 2.31. The smallest absolute Gasteiger partial charge is 0.193 e. The van der Waals surface area contributed by atoms with Gasteiger partial charge in [-0.25, -0.2) is 0 Å². The van der Waals surface area contributed by atoms with Crippen molar-refractivity contribution in [2.45, 2.75) is 0 Å². The second-order valence-electron chi connectivity index (χ2n) is 4.36. The summed E-state index contributed by atoms with van der Waals surface area (Å²) >= 11 is 0. The molecule has 0 radical (unpaired) electrons. The average molecular weight is 268 g/mol. The van der Waals surface area contributed by atoms with Crippen LogP contribution in [-0.4, -0.2) is 22.2 Å². The molecule has 20 heavy (non-hydrogen) atoms. The van der Waals surface area contributed by atoms with E-state index in [1.807, 2.05) is 6.07 Å². The molecule has 3 rings (SSSR count). The van der Waals surface area contributed by atoms with Gasteiger partial charge < -0.3 is 14.8 Å². The van der Waals surface area contributed by atoms with Crippen molar-refractivity contribution in [1.29, 1.82) is 0 Å². The SMILES string of the molecule is COc1cc(O)c2c(=O)cc(-c3cccnc3)[nH]c2c1. The van der Waals surface area contributed by atoms with Gasteiger partial charge in [0, 0.05) is 36.2 Å². The van der Waals surface area contributed by atoms with Crippen LogP contribution in [0.5, 0.6) is 11.5 Å². The van der Waals surface area contributed by atoms with E-state index in [-0.39, 0.29) is 16.6 Å². The standard InChI is InChI=1S/C15H12N2O3/c1-20-10-5-12-15(13(18)6-10)14(19)7-11(17-12)9-3-2-4-16-8-9/h2-8,18H,1H3,(H,17,19). The minimum atomic E-state index is -0.252. The lowest BCUT2D eigenvalue weighted by atomic mass is 10.1. The third kappa shape index (κ3) is 1.99. The zero-order chi connectivity index (χ0) is 14.1. The number of H-pyrrole nitrogens is 1. The van der Waals surface area contributed by atoms with Gasteiger partial charge in [0.15, 0.2) is 5.43 Å². The summed E-state index contributed by atoms with van der Waals surface area (Å²) in [6, 6.07) is 8.19. The molecule has 5 nitrogen and oxygen atoms in total. The fourth-order valence-corrected chi connectivity index (χ4v) is 2.14. The van der Waals surface area contributed by atoms with Gasteiger partial charge in [-0.15, -0.1) is 0 Å². The number of aromatic amines is 1. The number of aromatic nitrogens is 2. The van der Waals surface area contributed by atoms with Gasteiger partial charge in [0.05, 0.1) is 23.7 Å². The minimum absolute atomic E-state index is 0.0988. The molecule has 0 bridgehead atoms. The molecular formula is C15H12N2O3. The average Bonchev–Trinajstić information content (AvgIpc) is 2.47. The highest BCUT2D eigenvalue weighted by Gasteiger charge is 2.10. The van der Waals surface area contributed by atoms with Crippen molar-refractivity contribution < 1.29 is 9.84 Å². The maximum absolute atomic E-state index is 12.2. The summed E-state index contributed by atoms with van der Waals surface area (Å²) in [5.74, 6) is 0.382. The third-order valence-corrected chi connectivity index (χ3v) is 3.09. The van der Waals surface area contributed by atoms with Crippen molar-refractivity contribution in [2.75, 3.05) is 7.11 Å². The molecule has 2 N–H and O–H groups in total. The number of methoxy groups -OCH3 is 1. The van der Waals surface area contributed by atoms with E-state index in [9.17, 15) is 9.90 Å². The predicted octanol–water partition coefficient (Wildman–Crippen LogP) is 2.30. The zero-order valence-corrected chi connectivity index (χ0v) is 10.8. The molecule has 0 spiro atoms. The number of pyridine rings is 2. The van der Waals surface area contributed by atoms with Gasteiger partial charge in [-0.1, -0.05) is 0 Å². The van der Waals surface area contributed by atoms with Crippen LogP contribution in [0.25, 0.3) is 22.2 Å². The molecule has 0 amide bonds. The fraction of sp³-hybridized carbons (Fsp3) is 0.0667. The van der Waals surface area contributed by atoms with E-state index in [0.29, 0.717) is 17.0 Å². The quantitative estimate of drug-likeness (QED) is 0.747. The van der Waals surface area contributed by atoms with Crippen molar-refractivity contribution in [3.8, 4) is 22.8 Å². The first-order valence-corrected chi connectivity index (χ1v) is 6.03. The number of hydrogen-bond donors (Lipinski definition) is 2. The Kier molecular flexibility index (Phi) is 2.87. The Morgan fingerprint density at radius 2 is 2.15 bits per heavy atom. The minimum Gasteiger partial charge on any atom is -0.507 e. The first-order chi connectivity index (χ1) is 9.69. The highest BCUT2D eigenvalue weighted by atomic mass is 16.5. The van der Waals surface area contributed by atoms with Gasteiger partial charge in [-0.2, -0.15) is 0 Å². The van der Waals surface area contributed by atoms with Crippen LogP contribution in [0.15, 0.2) is 47.5 Å². The molecule has 0 saturated carbocycles. The van der Waals surface area contributed by atoms with Gasteiger partial charge >= 0.3 is 0 Å². The first kappa shape index (κ1) is 12.2. The Morgan fingerprint density at radius 1 is 1.30 bits per heavy atom. The van der Waals surface area contributed by atoms with Gasteiger partial charge in [0.1, 0.15) is 11.5 Å². The molecule has 0 fully saturated rings. The lowest BCUT2D eigenvalue weighted by Gasteiger charge is -2.07. The number of rotatable bonds is 2. The summed E-state index contributed by atoms with van der Waals surface area (Å²) in [7, 11) is 1.50. The van der Waals surface area contributed by atoms with Crippen LogP contribution in [0.4, 0.5) is 0 Å². The highest BCUT2D eigenvalue weighted by molar-refractivity contribution is 5.88. The van der Waals surface area contributed by atoms with Gasteiger partial charge in [0.2, 0.25) is 0 Å². The van der Waals surface area contributed by atoms with Gasteiger partial charge in [0.25, 0.3) is 0 Å². The second kappa shape index (κ2) is 4.70. The van der Waals surface area contributed by atoms with E-state index in [1.54, 1.807) is 24.5 Å². The van der Waals surface area contributed by atoms with E-state index < -0.39 is 0 Å². The molecule has 0 aliphatic carbocycles. The third-order valence-electron chi connectivity index (χ3n) is 3.09. The number of hydrogen-bond acceptors (Lipinski definition) is 4. The molecule has 2 heterocycles. The molecule has 2 aromatic heterocycles. The molecule has 3 aromatic rings. The van der Waals surface area contributed by atoms with E-state index in [1.165, 1.54) is 19.2 Å². The van der Waals surface area contributed by atoms with E-state index >= 15 is 0 Å². The normalized spacial score (nSPS) is 10.7. The maximum Gasteiger partial charge on any atom is 0.193 e. The Morgan fingerprint density at radius 3 is 2.85 bits per heavy atom. The van der Waals surface area contributed by atoms with Crippen LogP contribution in [-0.2, 0) is 0 Å². The monoisotopic (exact) mass is 268 g/mol. The van der Waals surface area contributed by atoms with Crippen LogP contribution in [0.2, 0.25) is 0 Å². The maximum atomic E-state index is 12.2. The van der Waals surface area contributed by atoms with E-state index in [0.717, 1.165) is 5.56 Å². The number of phenolic OH excluding ortho intramolecular Hbond substituents is 1. The molecule has 1 aromatic carbocycles. The molecule has 0 aliphatic heterocycles. The zero-order valence-electron chi connectivity index (χ0n) is 10.8. The largest absolute Gasteiger partial charge is 0.507 e. The number of fused-ring (bicyclic) bond motifs is 1. The number of benzene rings is 1.